The van der Waals surface area contributed by atoms with Crippen molar-refractivity contribution >= 4 is 22.9 Å². The lowest BCUT2D eigenvalue weighted by Crippen LogP contribution is -1.97. The van der Waals surface area contributed by atoms with Crippen LogP contribution in [0.25, 0.3) is 16.9 Å². The standard InChI is InChI=1S/C20H16ClN3O/c21-16-4-1-3-14(11-16)13-25-19-5-2-10-24-12-18(23-20(19)24)15-6-8-17(22)9-7-15/h1-12H,13,22H2. The van der Waals surface area contributed by atoms with Gasteiger partial charge in [0, 0.05) is 28.7 Å². The van der Waals surface area contributed by atoms with E-state index in [1.165, 1.54) is 0 Å². The van der Waals surface area contributed by atoms with Gasteiger partial charge in [-0.3, -0.25) is 0 Å². The second-order valence-corrected chi connectivity index (χ2v) is 6.21. The Kier molecular flexibility index (Phi) is 4.04. The minimum Gasteiger partial charge on any atom is -0.485 e. The molecule has 0 fully saturated rings. The normalized spacial score (nSPS) is 10.9. The predicted octanol–water partition coefficient (Wildman–Crippen LogP) is 4.82. The summed E-state index contributed by atoms with van der Waals surface area (Å²) >= 11 is 6.02. The quantitative estimate of drug-likeness (QED) is 0.537. The molecule has 0 radical (unpaired) electrons. The number of nitrogens with two attached hydrogens (primary N) is 1. The molecule has 124 valence electrons. The third-order valence-corrected chi connectivity index (χ3v) is 4.17. The van der Waals surface area contributed by atoms with Crippen molar-refractivity contribution < 1.29 is 4.74 Å². The molecule has 2 N–H and O–H groups in total. The van der Waals surface area contributed by atoms with Crippen LogP contribution >= 0.6 is 11.6 Å². The Hall–Kier alpha value is -2.98. The van der Waals surface area contributed by atoms with Gasteiger partial charge in [-0.2, -0.15) is 0 Å². The van der Waals surface area contributed by atoms with Gasteiger partial charge >= 0.3 is 0 Å². The van der Waals surface area contributed by atoms with Gasteiger partial charge in [-0.1, -0.05) is 35.9 Å². The number of fused-ring (bicyclic) bond motifs is 1. The van der Waals surface area contributed by atoms with Crippen LogP contribution in [0.2, 0.25) is 5.02 Å². The van der Waals surface area contributed by atoms with E-state index in [0.29, 0.717) is 11.6 Å². The van der Waals surface area contributed by atoms with Gasteiger partial charge in [-0.15, -0.1) is 0 Å². The van der Waals surface area contributed by atoms with E-state index in [2.05, 4.69) is 0 Å². The Morgan fingerprint density at radius 1 is 1.04 bits per heavy atom. The fraction of sp³-hybridized carbons (Fsp3) is 0.0500. The lowest BCUT2D eigenvalue weighted by molar-refractivity contribution is 0.308. The minimum absolute atomic E-state index is 0.435. The lowest BCUT2D eigenvalue weighted by atomic mass is 10.1. The number of pyridine rings is 1. The van der Waals surface area contributed by atoms with Crippen molar-refractivity contribution in [1.82, 2.24) is 9.38 Å². The first-order valence-electron chi connectivity index (χ1n) is 7.90. The predicted molar refractivity (Wildman–Crippen MR) is 101 cm³/mol. The molecule has 0 amide bonds. The Morgan fingerprint density at radius 3 is 2.68 bits per heavy atom. The fourth-order valence-corrected chi connectivity index (χ4v) is 2.89. The SMILES string of the molecule is Nc1ccc(-c2cn3cccc(OCc4cccc(Cl)c4)c3n2)cc1. The number of hydrogen-bond donors (Lipinski definition) is 1. The average Bonchev–Trinajstić information content (AvgIpc) is 3.05. The molecular weight excluding hydrogens is 334 g/mol. The molecular formula is C20H16ClN3O. The van der Waals surface area contributed by atoms with Gasteiger partial charge in [-0.25, -0.2) is 4.98 Å². The Labute approximate surface area is 150 Å². The van der Waals surface area contributed by atoms with Crippen molar-refractivity contribution in [2.45, 2.75) is 6.61 Å². The summed E-state index contributed by atoms with van der Waals surface area (Å²) in [6.45, 7) is 0.435. The van der Waals surface area contributed by atoms with Gasteiger partial charge < -0.3 is 14.9 Å². The molecule has 0 aliphatic rings. The van der Waals surface area contributed by atoms with Crippen molar-refractivity contribution in [2.24, 2.45) is 0 Å². The molecule has 0 unspecified atom stereocenters. The molecule has 2 aromatic heterocycles. The largest absolute Gasteiger partial charge is 0.485 e. The van der Waals surface area contributed by atoms with Crippen LogP contribution in [0.15, 0.2) is 73.1 Å². The molecule has 4 aromatic rings. The number of ether oxygens (including phenoxy) is 1. The molecule has 0 bridgehead atoms. The lowest BCUT2D eigenvalue weighted by Gasteiger charge is -2.07. The number of aromatic nitrogens is 2. The van der Waals surface area contributed by atoms with Crippen molar-refractivity contribution in [3.8, 4) is 17.0 Å². The molecule has 4 nitrogen and oxygen atoms in total. The third kappa shape index (κ3) is 3.30. The first-order chi connectivity index (χ1) is 12.2. The monoisotopic (exact) mass is 349 g/mol. The maximum atomic E-state index is 6.02. The first kappa shape index (κ1) is 15.5. The van der Waals surface area contributed by atoms with Crippen LogP contribution in [0.5, 0.6) is 5.75 Å². The van der Waals surface area contributed by atoms with Crippen molar-refractivity contribution in [3.05, 3.63) is 83.6 Å². The van der Waals surface area contributed by atoms with Gasteiger partial charge in [0.05, 0.1) is 5.69 Å². The molecule has 0 aliphatic carbocycles. The molecule has 2 heterocycles. The molecule has 4 rings (SSSR count). The Balaban J connectivity index is 1.64. The van der Waals surface area contributed by atoms with E-state index >= 15 is 0 Å². The highest BCUT2D eigenvalue weighted by atomic mass is 35.5. The number of halogens is 1. The van der Waals surface area contributed by atoms with Crippen LogP contribution in [0, 0.1) is 0 Å². The molecule has 25 heavy (non-hydrogen) atoms. The topological polar surface area (TPSA) is 52.5 Å². The maximum absolute atomic E-state index is 6.02. The van der Waals surface area contributed by atoms with Gasteiger partial charge in [0.2, 0.25) is 0 Å². The summed E-state index contributed by atoms with van der Waals surface area (Å²) in [6, 6.07) is 19.2. The van der Waals surface area contributed by atoms with E-state index in [1.54, 1.807) is 0 Å². The molecule has 0 saturated heterocycles. The van der Waals surface area contributed by atoms with Crippen LogP contribution < -0.4 is 10.5 Å². The summed E-state index contributed by atoms with van der Waals surface area (Å²) in [5.41, 5.74) is 10.2. The second kappa shape index (κ2) is 6.49. The van der Waals surface area contributed by atoms with Crippen molar-refractivity contribution in [2.75, 3.05) is 5.73 Å². The minimum atomic E-state index is 0.435. The van der Waals surface area contributed by atoms with Gasteiger partial charge in [-0.05, 0) is 42.0 Å². The molecule has 2 aromatic carbocycles. The summed E-state index contributed by atoms with van der Waals surface area (Å²) in [6.07, 6.45) is 3.93. The molecule has 0 saturated carbocycles. The highest BCUT2D eigenvalue weighted by molar-refractivity contribution is 6.30. The summed E-state index contributed by atoms with van der Waals surface area (Å²) in [7, 11) is 0. The summed E-state index contributed by atoms with van der Waals surface area (Å²) < 4.78 is 7.92. The number of anilines is 1. The van der Waals surface area contributed by atoms with Crippen LogP contribution in [-0.4, -0.2) is 9.38 Å². The van der Waals surface area contributed by atoms with E-state index in [1.807, 2.05) is 77.5 Å². The Morgan fingerprint density at radius 2 is 1.88 bits per heavy atom. The van der Waals surface area contributed by atoms with Crippen LogP contribution in [0.3, 0.4) is 0 Å². The second-order valence-electron chi connectivity index (χ2n) is 5.77. The van der Waals surface area contributed by atoms with Crippen molar-refractivity contribution in [1.29, 1.82) is 0 Å². The average molecular weight is 350 g/mol. The van der Waals surface area contributed by atoms with E-state index in [4.69, 9.17) is 27.1 Å². The number of imidazole rings is 1. The number of nitrogen functional groups attached to an aromatic ring is 1. The van der Waals surface area contributed by atoms with E-state index in [9.17, 15) is 0 Å². The molecule has 0 spiro atoms. The fourth-order valence-electron chi connectivity index (χ4n) is 2.68. The molecule has 5 heteroatoms. The zero-order valence-electron chi connectivity index (χ0n) is 13.4. The maximum Gasteiger partial charge on any atom is 0.180 e. The summed E-state index contributed by atoms with van der Waals surface area (Å²) in [5.74, 6) is 0.726. The number of hydrogen-bond acceptors (Lipinski definition) is 3. The first-order valence-corrected chi connectivity index (χ1v) is 8.28. The number of rotatable bonds is 4. The summed E-state index contributed by atoms with van der Waals surface area (Å²) in [5, 5.41) is 0.700. The Bertz CT molecular complexity index is 1020. The van der Waals surface area contributed by atoms with Gasteiger partial charge in [0.25, 0.3) is 0 Å². The highest BCUT2D eigenvalue weighted by Crippen LogP contribution is 2.26. The highest BCUT2D eigenvalue weighted by Gasteiger charge is 2.09. The van der Waals surface area contributed by atoms with E-state index < -0.39 is 0 Å². The van der Waals surface area contributed by atoms with Crippen LogP contribution in [-0.2, 0) is 6.61 Å². The smallest absolute Gasteiger partial charge is 0.180 e. The number of nitrogens with zero attached hydrogens (tertiary/aromatic N) is 2. The molecule has 0 atom stereocenters. The zero-order chi connectivity index (χ0) is 17.2. The van der Waals surface area contributed by atoms with Gasteiger partial charge in [0.15, 0.2) is 11.4 Å². The third-order valence-electron chi connectivity index (χ3n) is 3.94. The molecule has 0 aliphatic heterocycles. The van der Waals surface area contributed by atoms with Crippen molar-refractivity contribution in [3.63, 3.8) is 0 Å². The zero-order valence-corrected chi connectivity index (χ0v) is 14.1. The summed E-state index contributed by atoms with van der Waals surface area (Å²) in [4.78, 5) is 4.71. The van der Waals surface area contributed by atoms with E-state index in [-0.39, 0.29) is 0 Å². The number of benzene rings is 2. The van der Waals surface area contributed by atoms with Crippen LogP contribution in [0.1, 0.15) is 5.56 Å². The van der Waals surface area contributed by atoms with E-state index in [0.717, 1.165) is 33.9 Å². The van der Waals surface area contributed by atoms with Crippen LogP contribution in [0.4, 0.5) is 5.69 Å². The van der Waals surface area contributed by atoms with Gasteiger partial charge in [0.1, 0.15) is 6.61 Å².